The summed E-state index contributed by atoms with van der Waals surface area (Å²) in [6.45, 7) is 7.47. The van der Waals surface area contributed by atoms with Crippen molar-refractivity contribution in [2.24, 2.45) is 0 Å². The number of benzene rings is 1. The number of anilines is 2. The molecule has 1 aliphatic rings. The lowest BCUT2D eigenvalue weighted by atomic mass is 10.1. The maximum atomic E-state index is 13.3. The van der Waals surface area contributed by atoms with Gasteiger partial charge in [-0.2, -0.15) is 0 Å². The number of carbonyl (C=O) groups is 1. The second-order valence-corrected chi connectivity index (χ2v) is 8.61. The third kappa shape index (κ3) is 3.92. The predicted octanol–water partition coefficient (Wildman–Crippen LogP) is 4.10. The molecule has 152 valence electrons. The highest BCUT2D eigenvalue weighted by Crippen LogP contribution is 2.36. The minimum absolute atomic E-state index is 0.158. The lowest BCUT2D eigenvalue weighted by Gasteiger charge is -2.33. The van der Waals surface area contributed by atoms with E-state index in [1.54, 1.807) is 0 Å². The molecule has 0 saturated carbocycles. The Kier molecular flexibility index (Phi) is 5.42. The summed E-state index contributed by atoms with van der Waals surface area (Å²) >= 11 is 7.39. The number of amides is 1. The second kappa shape index (κ2) is 7.85. The summed E-state index contributed by atoms with van der Waals surface area (Å²) in [6, 6.07) is 3.90. The van der Waals surface area contributed by atoms with Crippen molar-refractivity contribution in [3.63, 3.8) is 0 Å². The van der Waals surface area contributed by atoms with Crippen LogP contribution in [-0.4, -0.2) is 54.0 Å². The van der Waals surface area contributed by atoms with Crippen LogP contribution in [0.4, 0.5) is 15.9 Å². The molecule has 9 heteroatoms. The molecule has 1 N–H and O–H groups in total. The van der Waals surface area contributed by atoms with Gasteiger partial charge in [-0.1, -0.05) is 11.6 Å². The van der Waals surface area contributed by atoms with Gasteiger partial charge in [-0.15, -0.1) is 11.3 Å². The minimum Gasteiger partial charge on any atom is -0.353 e. The first kappa shape index (κ1) is 20.0. The maximum Gasteiger partial charge on any atom is 0.266 e. The van der Waals surface area contributed by atoms with Crippen LogP contribution in [0.15, 0.2) is 18.2 Å². The number of nitrogens with zero attached hydrogens (tertiary/aromatic N) is 4. The molecule has 0 bridgehead atoms. The fraction of sp³-hybridized carbons (Fsp3) is 0.350. The molecular weight excluding hydrogens is 413 g/mol. The van der Waals surface area contributed by atoms with Gasteiger partial charge in [-0.3, -0.25) is 4.79 Å². The number of nitrogens with one attached hydrogen (secondary N) is 1. The zero-order valence-electron chi connectivity index (χ0n) is 16.4. The van der Waals surface area contributed by atoms with Gasteiger partial charge in [-0.25, -0.2) is 14.4 Å². The van der Waals surface area contributed by atoms with Crippen LogP contribution >= 0.6 is 22.9 Å². The topological polar surface area (TPSA) is 61.4 Å². The van der Waals surface area contributed by atoms with Gasteiger partial charge in [0.05, 0.1) is 21.0 Å². The Hall–Kier alpha value is -2.29. The number of hydrogen-bond donors (Lipinski definition) is 1. The van der Waals surface area contributed by atoms with Gasteiger partial charge in [-0.05, 0) is 44.7 Å². The molecule has 1 amide bonds. The Balaban J connectivity index is 1.71. The summed E-state index contributed by atoms with van der Waals surface area (Å²) in [4.78, 5) is 28.1. The molecule has 1 fully saturated rings. The van der Waals surface area contributed by atoms with Crippen LogP contribution in [0, 0.1) is 19.7 Å². The van der Waals surface area contributed by atoms with E-state index in [1.807, 2.05) is 13.8 Å². The van der Waals surface area contributed by atoms with Gasteiger partial charge in [0.1, 0.15) is 22.3 Å². The Morgan fingerprint density at radius 1 is 1.21 bits per heavy atom. The molecule has 1 saturated heterocycles. The number of carbonyl (C=O) groups excluding carboxylic acids is 1. The zero-order chi connectivity index (χ0) is 20.7. The van der Waals surface area contributed by atoms with Gasteiger partial charge in [0, 0.05) is 26.2 Å². The third-order valence-corrected chi connectivity index (χ3v) is 6.57. The van der Waals surface area contributed by atoms with E-state index in [4.69, 9.17) is 16.6 Å². The van der Waals surface area contributed by atoms with Crippen LogP contribution in [0.5, 0.6) is 0 Å². The molecule has 0 atom stereocenters. The van der Waals surface area contributed by atoms with E-state index in [0.29, 0.717) is 16.4 Å². The molecular formula is C20H21ClFN5OS. The number of halogens is 2. The molecule has 6 nitrogen and oxygen atoms in total. The summed E-state index contributed by atoms with van der Waals surface area (Å²) in [7, 11) is 2.11. The zero-order valence-corrected chi connectivity index (χ0v) is 18.0. The normalized spacial score (nSPS) is 15.1. The van der Waals surface area contributed by atoms with E-state index in [0.717, 1.165) is 47.8 Å². The molecule has 0 spiro atoms. The Morgan fingerprint density at radius 2 is 1.93 bits per heavy atom. The Morgan fingerprint density at radius 3 is 2.62 bits per heavy atom. The van der Waals surface area contributed by atoms with Crippen molar-refractivity contribution >= 4 is 50.6 Å². The molecule has 0 unspecified atom stereocenters. The van der Waals surface area contributed by atoms with Gasteiger partial charge < -0.3 is 15.1 Å². The first-order valence-electron chi connectivity index (χ1n) is 9.31. The van der Waals surface area contributed by atoms with Crippen molar-refractivity contribution in [2.75, 3.05) is 43.4 Å². The van der Waals surface area contributed by atoms with Crippen molar-refractivity contribution in [1.29, 1.82) is 0 Å². The van der Waals surface area contributed by atoms with Crippen LogP contribution in [0.2, 0.25) is 5.02 Å². The smallest absolute Gasteiger partial charge is 0.266 e. The van der Waals surface area contributed by atoms with Crippen LogP contribution in [0.1, 0.15) is 21.1 Å². The second-order valence-electron chi connectivity index (χ2n) is 7.20. The molecule has 1 aromatic carbocycles. The van der Waals surface area contributed by atoms with E-state index in [-0.39, 0.29) is 10.9 Å². The number of likely N-dealkylation sites (N-methyl/N-ethyl adjacent to an activating group) is 1. The molecule has 0 aliphatic carbocycles. The molecule has 2 aromatic heterocycles. The number of piperazine rings is 1. The van der Waals surface area contributed by atoms with Gasteiger partial charge in [0.2, 0.25) is 0 Å². The summed E-state index contributed by atoms with van der Waals surface area (Å²) in [6.07, 6.45) is 0. The van der Waals surface area contributed by atoms with Gasteiger partial charge in [0.15, 0.2) is 0 Å². The SMILES string of the molecule is Cc1nc(N2CCN(C)CC2)c2c(C)c(C(=O)Nc3ccc(F)cc3Cl)sc2n1. The molecule has 3 aromatic rings. The molecule has 1 aliphatic heterocycles. The summed E-state index contributed by atoms with van der Waals surface area (Å²) in [5, 5.41) is 3.85. The lowest BCUT2D eigenvalue weighted by Crippen LogP contribution is -2.45. The van der Waals surface area contributed by atoms with Crippen LogP contribution in [0.25, 0.3) is 10.2 Å². The highest BCUT2D eigenvalue weighted by molar-refractivity contribution is 7.20. The first-order chi connectivity index (χ1) is 13.8. The molecule has 0 radical (unpaired) electrons. The predicted molar refractivity (Wildman–Crippen MR) is 116 cm³/mol. The average Bonchev–Trinajstić information content (AvgIpc) is 3.00. The minimum atomic E-state index is -0.450. The quantitative estimate of drug-likeness (QED) is 0.673. The van der Waals surface area contributed by atoms with E-state index in [1.165, 1.54) is 29.5 Å². The number of thiophene rings is 1. The first-order valence-corrected chi connectivity index (χ1v) is 10.5. The van der Waals surface area contributed by atoms with Crippen LogP contribution < -0.4 is 10.2 Å². The van der Waals surface area contributed by atoms with E-state index < -0.39 is 5.82 Å². The fourth-order valence-electron chi connectivity index (χ4n) is 3.46. The van der Waals surface area contributed by atoms with Crippen molar-refractivity contribution in [1.82, 2.24) is 14.9 Å². The third-order valence-electron chi connectivity index (χ3n) is 5.07. The number of aromatic nitrogens is 2. The standard InChI is InChI=1S/C20H21ClFN5OS/c1-11-16-18(27-8-6-26(3)7-9-27)23-12(2)24-20(16)29-17(11)19(28)25-15-5-4-13(22)10-14(15)21/h4-5,10H,6-9H2,1-3H3,(H,25,28). The summed E-state index contributed by atoms with van der Waals surface area (Å²) in [5.74, 6) is 0.823. The van der Waals surface area contributed by atoms with E-state index >= 15 is 0 Å². The highest BCUT2D eigenvalue weighted by atomic mass is 35.5. The summed E-state index contributed by atoms with van der Waals surface area (Å²) < 4.78 is 13.3. The van der Waals surface area contributed by atoms with Crippen molar-refractivity contribution in [3.8, 4) is 0 Å². The molecule has 3 heterocycles. The van der Waals surface area contributed by atoms with Crippen molar-refractivity contribution in [3.05, 3.63) is 45.3 Å². The summed E-state index contributed by atoms with van der Waals surface area (Å²) in [5.41, 5.74) is 1.21. The molecule has 29 heavy (non-hydrogen) atoms. The monoisotopic (exact) mass is 433 g/mol. The Labute approximate surface area is 177 Å². The van der Waals surface area contributed by atoms with Crippen LogP contribution in [-0.2, 0) is 0 Å². The van der Waals surface area contributed by atoms with Gasteiger partial charge >= 0.3 is 0 Å². The van der Waals surface area contributed by atoms with Gasteiger partial charge in [0.25, 0.3) is 5.91 Å². The van der Waals surface area contributed by atoms with Crippen molar-refractivity contribution in [2.45, 2.75) is 13.8 Å². The number of aryl methyl sites for hydroxylation is 2. The Bertz CT molecular complexity index is 1090. The lowest BCUT2D eigenvalue weighted by molar-refractivity contribution is 0.103. The fourth-order valence-corrected chi connectivity index (χ4v) is 4.79. The van der Waals surface area contributed by atoms with E-state index in [9.17, 15) is 9.18 Å². The maximum absolute atomic E-state index is 13.3. The number of fused-ring (bicyclic) bond motifs is 1. The largest absolute Gasteiger partial charge is 0.353 e. The highest BCUT2D eigenvalue weighted by Gasteiger charge is 2.24. The average molecular weight is 434 g/mol. The number of hydrogen-bond acceptors (Lipinski definition) is 6. The number of rotatable bonds is 3. The van der Waals surface area contributed by atoms with Crippen LogP contribution in [0.3, 0.4) is 0 Å². The van der Waals surface area contributed by atoms with E-state index in [2.05, 4.69) is 27.1 Å². The van der Waals surface area contributed by atoms with Crippen molar-refractivity contribution < 1.29 is 9.18 Å². The molecule has 4 rings (SSSR count).